The fourth-order valence-corrected chi connectivity index (χ4v) is 4.46. The fourth-order valence-electron chi connectivity index (χ4n) is 1.94. The lowest BCUT2D eigenvalue weighted by molar-refractivity contribution is -0.124. The highest BCUT2D eigenvalue weighted by molar-refractivity contribution is 6.74. The Kier molecular flexibility index (Phi) is 9.30. The zero-order valence-corrected chi connectivity index (χ0v) is 21.6. The molecule has 0 aromatic heterocycles. The summed E-state index contributed by atoms with van der Waals surface area (Å²) in [6.07, 6.45) is 1.28. The van der Waals surface area contributed by atoms with Gasteiger partial charge in [-0.15, -0.1) is 0 Å². The topological polar surface area (TPSA) is 64.6 Å². The minimum absolute atomic E-state index is 0.0492. The Morgan fingerprint density at radius 3 is 1.68 bits per heavy atom. The van der Waals surface area contributed by atoms with E-state index in [1.807, 2.05) is 0 Å². The Hall–Kier alpha value is -1.03. The molecule has 7 heteroatoms. The molecule has 162 valence electrons. The fraction of sp³-hybridized carbons (Fsp3) is 0.714. The van der Waals surface area contributed by atoms with E-state index < -0.39 is 29.0 Å². The van der Waals surface area contributed by atoms with Crippen molar-refractivity contribution in [2.24, 2.45) is 0 Å². The first kappa shape index (κ1) is 27.0. The average Bonchev–Trinajstić information content (AvgIpc) is 2.50. The Morgan fingerprint density at radius 2 is 1.32 bits per heavy atom. The zero-order valence-electron chi connectivity index (χ0n) is 19.6. The number of hydrogen-bond acceptors (Lipinski definition) is 4. The number of carbonyl (C=O) groups excluding carboxylic acids is 2. The van der Waals surface area contributed by atoms with E-state index in [1.165, 1.54) is 12.2 Å². The van der Waals surface area contributed by atoms with Crippen molar-refractivity contribution in [3.05, 3.63) is 25.3 Å². The molecule has 0 rings (SSSR count). The van der Waals surface area contributed by atoms with Gasteiger partial charge in [0, 0.05) is 6.42 Å². The molecule has 0 aromatic carbocycles. The highest BCUT2D eigenvalue weighted by Crippen LogP contribution is 2.40. The Morgan fingerprint density at radius 1 is 0.893 bits per heavy atom. The van der Waals surface area contributed by atoms with E-state index in [9.17, 15) is 9.59 Å². The van der Waals surface area contributed by atoms with Crippen LogP contribution < -0.4 is 5.32 Å². The summed E-state index contributed by atoms with van der Waals surface area (Å²) in [7, 11) is -4.46. The number of amides is 1. The molecule has 0 aliphatic heterocycles. The molecule has 0 aliphatic carbocycles. The van der Waals surface area contributed by atoms with Gasteiger partial charge in [0.15, 0.2) is 22.4 Å². The highest BCUT2D eigenvalue weighted by Gasteiger charge is 2.45. The van der Waals surface area contributed by atoms with Crippen LogP contribution in [-0.4, -0.2) is 40.7 Å². The zero-order chi connectivity index (χ0) is 22.6. The molecule has 28 heavy (non-hydrogen) atoms. The molecular weight excluding hydrogens is 386 g/mol. The molecule has 0 heterocycles. The second-order valence-electron chi connectivity index (χ2n) is 10.3. The van der Waals surface area contributed by atoms with Crippen molar-refractivity contribution < 1.29 is 18.4 Å². The second kappa shape index (κ2) is 9.65. The summed E-state index contributed by atoms with van der Waals surface area (Å²) in [5, 5.41) is 2.75. The third-order valence-electron chi connectivity index (χ3n) is 5.92. The van der Waals surface area contributed by atoms with Crippen LogP contribution in [0, 0.1) is 0 Å². The molecule has 0 spiro atoms. The van der Waals surface area contributed by atoms with Gasteiger partial charge in [0.2, 0.25) is 5.91 Å². The summed E-state index contributed by atoms with van der Waals surface area (Å²) in [4.78, 5) is 24.4. The maximum absolute atomic E-state index is 12.2. The SMILES string of the molecule is C=CC(=O)CC(O[Si](C)(C)C(C)(C)C)C(NC(=O)C=C)O[Si](C)(C)C(C)(C)C. The molecule has 0 bridgehead atoms. The summed E-state index contributed by atoms with van der Waals surface area (Å²) < 4.78 is 13.1. The summed E-state index contributed by atoms with van der Waals surface area (Å²) in [5.41, 5.74) is 0. The van der Waals surface area contributed by atoms with E-state index in [0.717, 1.165) is 0 Å². The lowest BCUT2D eigenvalue weighted by atomic mass is 10.1. The van der Waals surface area contributed by atoms with Crippen LogP contribution in [0.5, 0.6) is 0 Å². The van der Waals surface area contributed by atoms with Crippen molar-refractivity contribution in [3.63, 3.8) is 0 Å². The lowest BCUT2D eigenvalue weighted by Crippen LogP contribution is -2.57. The number of ketones is 1. The van der Waals surface area contributed by atoms with Crippen LogP contribution in [0.2, 0.25) is 36.3 Å². The molecule has 2 unspecified atom stereocenters. The number of carbonyl (C=O) groups is 2. The molecule has 1 amide bonds. The van der Waals surface area contributed by atoms with Crippen LogP contribution in [0.4, 0.5) is 0 Å². The first-order valence-corrected chi connectivity index (χ1v) is 15.6. The van der Waals surface area contributed by atoms with Gasteiger partial charge in [-0.2, -0.15) is 0 Å². The van der Waals surface area contributed by atoms with Crippen molar-refractivity contribution in [2.45, 2.75) is 96.6 Å². The molecule has 0 radical (unpaired) electrons. The molecule has 5 nitrogen and oxygen atoms in total. The maximum Gasteiger partial charge on any atom is 0.245 e. The quantitative estimate of drug-likeness (QED) is 0.297. The van der Waals surface area contributed by atoms with Crippen LogP contribution >= 0.6 is 0 Å². The number of nitrogens with one attached hydrogen (secondary N) is 1. The van der Waals surface area contributed by atoms with Gasteiger partial charge < -0.3 is 14.2 Å². The Balaban J connectivity index is 6.06. The standard InChI is InChI=1S/C21H41NO4Si2/c1-13-16(23)15-17(25-27(9,10)20(3,4)5)19(22-18(24)14-2)26-28(11,12)21(6,7)8/h13-14,17,19H,1-2,15H2,3-12H3,(H,22,24). The van der Waals surface area contributed by atoms with E-state index in [1.54, 1.807) is 0 Å². The van der Waals surface area contributed by atoms with Crippen molar-refractivity contribution in [1.82, 2.24) is 5.32 Å². The summed E-state index contributed by atoms with van der Waals surface area (Å²) in [6.45, 7) is 28.4. The average molecular weight is 428 g/mol. The molecule has 0 aliphatic rings. The monoisotopic (exact) mass is 427 g/mol. The van der Waals surface area contributed by atoms with Gasteiger partial charge in [-0.1, -0.05) is 54.7 Å². The molecular formula is C21H41NO4Si2. The van der Waals surface area contributed by atoms with Crippen molar-refractivity contribution in [1.29, 1.82) is 0 Å². The van der Waals surface area contributed by atoms with Gasteiger partial charge in [-0.25, -0.2) is 0 Å². The van der Waals surface area contributed by atoms with E-state index >= 15 is 0 Å². The summed E-state index contributed by atoms with van der Waals surface area (Å²) in [5.74, 6) is -0.487. The minimum Gasteiger partial charge on any atom is -0.409 e. The van der Waals surface area contributed by atoms with Gasteiger partial charge in [-0.05, 0) is 48.4 Å². The smallest absolute Gasteiger partial charge is 0.245 e. The minimum atomic E-state index is -2.24. The molecule has 0 saturated carbocycles. The van der Waals surface area contributed by atoms with Gasteiger partial charge >= 0.3 is 0 Å². The van der Waals surface area contributed by atoms with Crippen molar-refractivity contribution in [3.8, 4) is 0 Å². The number of allylic oxidation sites excluding steroid dienone is 1. The highest BCUT2D eigenvalue weighted by atomic mass is 28.4. The van der Waals surface area contributed by atoms with Gasteiger partial charge in [0.05, 0.1) is 6.10 Å². The van der Waals surface area contributed by atoms with Crippen LogP contribution in [0.3, 0.4) is 0 Å². The first-order valence-electron chi connectivity index (χ1n) is 9.82. The largest absolute Gasteiger partial charge is 0.409 e. The molecule has 0 aromatic rings. The Bertz CT molecular complexity index is 534. The third kappa shape index (κ3) is 7.77. The van der Waals surface area contributed by atoms with Crippen LogP contribution in [0.25, 0.3) is 0 Å². The predicted octanol–water partition coefficient (Wildman–Crippen LogP) is 5.17. The van der Waals surface area contributed by atoms with Crippen LogP contribution in [0.15, 0.2) is 25.3 Å². The maximum atomic E-state index is 12.2. The lowest BCUT2D eigenvalue weighted by Gasteiger charge is -2.45. The molecule has 1 N–H and O–H groups in total. The van der Waals surface area contributed by atoms with E-state index in [0.29, 0.717) is 0 Å². The number of rotatable bonds is 10. The third-order valence-corrected chi connectivity index (χ3v) is 14.9. The van der Waals surface area contributed by atoms with Gasteiger partial charge in [-0.3, -0.25) is 9.59 Å². The van der Waals surface area contributed by atoms with E-state index in [2.05, 4.69) is 86.2 Å². The van der Waals surface area contributed by atoms with Crippen molar-refractivity contribution in [2.75, 3.05) is 0 Å². The van der Waals surface area contributed by atoms with Gasteiger partial charge in [0.25, 0.3) is 0 Å². The summed E-state index contributed by atoms with van der Waals surface area (Å²) >= 11 is 0. The van der Waals surface area contributed by atoms with Crippen LogP contribution in [-0.2, 0) is 18.4 Å². The second-order valence-corrected chi connectivity index (χ2v) is 19.8. The molecule has 0 fully saturated rings. The number of hydrogen-bond donors (Lipinski definition) is 1. The predicted molar refractivity (Wildman–Crippen MR) is 122 cm³/mol. The molecule has 2 atom stereocenters. The van der Waals surface area contributed by atoms with Crippen LogP contribution in [0.1, 0.15) is 48.0 Å². The first-order chi connectivity index (χ1) is 12.4. The van der Waals surface area contributed by atoms with Crippen molar-refractivity contribution >= 4 is 28.3 Å². The Labute approximate surface area is 174 Å². The normalized spacial score (nSPS) is 15.5. The molecule has 0 saturated heterocycles. The van der Waals surface area contributed by atoms with E-state index in [-0.39, 0.29) is 28.2 Å². The van der Waals surface area contributed by atoms with Gasteiger partial charge in [0.1, 0.15) is 6.23 Å². The van der Waals surface area contributed by atoms with E-state index in [4.69, 9.17) is 8.85 Å². The summed E-state index contributed by atoms with van der Waals surface area (Å²) in [6, 6.07) is 0.